The smallest absolute Gasteiger partial charge is 0.338 e. The van der Waals surface area contributed by atoms with E-state index in [0.29, 0.717) is 5.56 Å². The average Bonchev–Trinajstić information content (AvgIpc) is 2.97. The number of methoxy groups -OCH3 is 2. The predicted molar refractivity (Wildman–Crippen MR) is 154 cm³/mol. The molecule has 9 atom stereocenters. The van der Waals surface area contributed by atoms with Gasteiger partial charge in [-0.2, -0.15) is 0 Å². The zero-order chi connectivity index (χ0) is 30.4. The van der Waals surface area contributed by atoms with E-state index in [9.17, 15) is 14.7 Å². The van der Waals surface area contributed by atoms with Gasteiger partial charge in [0.1, 0.15) is 29.9 Å². The summed E-state index contributed by atoms with van der Waals surface area (Å²) in [6.07, 6.45) is -7.19. The van der Waals surface area contributed by atoms with E-state index in [1.807, 2.05) is 37.3 Å². The summed E-state index contributed by atoms with van der Waals surface area (Å²) in [6.45, 7) is 6.91. The van der Waals surface area contributed by atoms with Gasteiger partial charge in [0.05, 0.1) is 23.7 Å². The van der Waals surface area contributed by atoms with Gasteiger partial charge in [0.15, 0.2) is 18.5 Å². The molecule has 0 amide bonds. The number of aliphatic hydroxyl groups is 1. The standard InChI is InChI=1S/C31H40O10S/c1-18-23(25(36-6)22(32)29(38-18)42-20-15-11-8-12-16-20)40-28-26(41-30(34)31(2,3)4)24(35-5)21(17-37-28)39-27(33)19-13-9-7-10-14-19/h7-16,18,21-26,28-29,32H,17H2,1-6H3. The van der Waals surface area contributed by atoms with Crippen LogP contribution in [0.3, 0.4) is 0 Å². The first-order chi connectivity index (χ1) is 20.0. The summed E-state index contributed by atoms with van der Waals surface area (Å²) in [4.78, 5) is 26.8. The number of ether oxygens (including phenoxy) is 7. The van der Waals surface area contributed by atoms with Crippen molar-refractivity contribution >= 4 is 23.7 Å². The summed E-state index contributed by atoms with van der Waals surface area (Å²) in [7, 11) is 2.93. The molecule has 0 saturated carbocycles. The van der Waals surface area contributed by atoms with Crippen LogP contribution in [0.15, 0.2) is 65.6 Å². The molecule has 0 radical (unpaired) electrons. The van der Waals surface area contributed by atoms with Crippen molar-refractivity contribution in [2.45, 2.75) is 87.0 Å². The molecule has 9 unspecified atom stereocenters. The lowest BCUT2D eigenvalue weighted by Gasteiger charge is -2.46. The lowest BCUT2D eigenvalue weighted by atomic mass is 9.96. The molecule has 2 aromatic carbocycles. The summed E-state index contributed by atoms with van der Waals surface area (Å²) < 4.78 is 41.7. The minimum Gasteiger partial charge on any atom is -0.454 e. The molecule has 2 heterocycles. The fourth-order valence-corrected chi connectivity index (χ4v) is 5.89. The van der Waals surface area contributed by atoms with E-state index < -0.39 is 71.8 Å². The maximum atomic E-state index is 13.0. The van der Waals surface area contributed by atoms with Gasteiger partial charge >= 0.3 is 11.9 Å². The number of hydrogen-bond acceptors (Lipinski definition) is 11. The number of thioether (sulfide) groups is 1. The zero-order valence-electron chi connectivity index (χ0n) is 24.7. The Morgan fingerprint density at radius 3 is 2.10 bits per heavy atom. The normalized spacial score (nSPS) is 31.7. The van der Waals surface area contributed by atoms with Crippen LogP contribution in [0.25, 0.3) is 0 Å². The number of esters is 2. The van der Waals surface area contributed by atoms with Crippen molar-refractivity contribution in [3.8, 4) is 0 Å². The van der Waals surface area contributed by atoms with Crippen molar-refractivity contribution in [1.29, 1.82) is 0 Å². The van der Waals surface area contributed by atoms with E-state index in [1.165, 1.54) is 26.0 Å². The third-order valence-electron chi connectivity index (χ3n) is 7.09. The minimum absolute atomic E-state index is 0.0834. The number of rotatable bonds is 9. The van der Waals surface area contributed by atoms with Crippen LogP contribution in [0.5, 0.6) is 0 Å². The molecule has 11 heteroatoms. The molecule has 42 heavy (non-hydrogen) atoms. The third kappa shape index (κ3) is 7.71. The van der Waals surface area contributed by atoms with Crippen LogP contribution < -0.4 is 0 Å². The van der Waals surface area contributed by atoms with E-state index in [4.69, 9.17) is 33.2 Å². The zero-order valence-corrected chi connectivity index (χ0v) is 25.5. The van der Waals surface area contributed by atoms with E-state index in [1.54, 1.807) is 51.1 Å². The molecule has 4 rings (SSSR count). The largest absolute Gasteiger partial charge is 0.454 e. The average molecular weight is 605 g/mol. The van der Waals surface area contributed by atoms with Crippen LogP contribution in [0.2, 0.25) is 0 Å². The number of hydrogen-bond donors (Lipinski definition) is 1. The van der Waals surface area contributed by atoms with Crippen LogP contribution in [-0.2, 0) is 38.0 Å². The van der Waals surface area contributed by atoms with Crippen LogP contribution in [0.1, 0.15) is 38.1 Å². The first-order valence-corrected chi connectivity index (χ1v) is 14.8. The molecule has 2 aromatic rings. The van der Waals surface area contributed by atoms with Crippen molar-refractivity contribution in [3.05, 3.63) is 66.2 Å². The summed E-state index contributed by atoms with van der Waals surface area (Å²) in [6, 6.07) is 18.2. The summed E-state index contributed by atoms with van der Waals surface area (Å²) >= 11 is 1.39. The van der Waals surface area contributed by atoms with Gasteiger partial charge in [-0.05, 0) is 52.0 Å². The Balaban J connectivity index is 1.54. The first-order valence-electron chi connectivity index (χ1n) is 13.9. The van der Waals surface area contributed by atoms with Gasteiger partial charge in [0, 0.05) is 19.1 Å². The maximum absolute atomic E-state index is 13.0. The SMILES string of the molecule is COC1C(OC(=O)c2ccccc2)COC(OC2C(C)OC(Sc3ccccc3)C(O)C2OC)C1OC(=O)C(C)(C)C. The van der Waals surface area contributed by atoms with Gasteiger partial charge in [0.25, 0.3) is 0 Å². The Morgan fingerprint density at radius 2 is 1.50 bits per heavy atom. The molecular weight excluding hydrogens is 564 g/mol. The highest BCUT2D eigenvalue weighted by molar-refractivity contribution is 7.99. The summed E-state index contributed by atoms with van der Waals surface area (Å²) in [5.74, 6) is -1.08. The van der Waals surface area contributed by atoms with Crippen LogP contribution in [0, 0.1) is 5.41 Å². The molecular formula is C31H40O10S. The Hall–Kier alpha value is -2.51. The highest BCUT2D eigenvalue weighted by Gasteiger charge is 2.52. The van der Waals surface area contributed by atoms with Crippen molar-refractivity contribution in [3.63, 3.8) is 0 Å². The molecule has 1 N–H and O–H groups in total. The van der Waals surface area contributed by atoms with Crippen molar-refractivity contribution < 1.29 is 47.9 Å². The van der Waals surface area contributed by atoms with Crippen LogP contribution >= 0.6 is 11.8 Å². The second-order valence-electron chi connectivity index (χ2n) is 11.3. The van der Waals surface area contributed by atoms with Gasteiger partial charge in [-0.3, -0.25) is 4.79 Å². The van der Waals surface area contributed by atoms with Gasteiger partial charge in [-0.1, -0.05) is 48.2 Å². The second kappa shape index (κ2) is 14.3. The Kier molecular flexibility index (Phi) is 11.0. The number of carbonyl (C=O) groups is 2. The highest BCUT2D eigenvalue weighted by Crippen LogP contribution is 2.37. The van der Waals surface area contributed by atoms with Gasteiger partial charge < -0.3 is 38.3 Å². The van der Waals surface area contributed by atoms with Crippen LogP contribution in [0.4, 0.5) is 0 Å². The van der Waals surface area contributed by atoms with Crippen molar-refractivity contribution in [1.82, 2.24) is 0 Å². The third-order valence-corrected chi connectivity index (χ3v) is 8.25. The molecule has 2 aliphatic heterocycles. The lowest BCUT2D eigenvalue weighted by Crippen LogP contribution is -2.63. The molecule has 0 aliphatic carbocycles. The molecule has 10 nitrogen and oxygen atoms in total. The van der Waals surface area contributed by atoms with E-state index >= 15 is 0 Å². The second-order valence-corrected chi connectivity index (χ2v) is 12.4. The first kappa shape index (κ1) is 32.4. The van der Waals surface area contributed by atoms with Crippen molar-refractivity contribution in [2.24, 2.45) is 5.41 Å². The number of aliphatic hydroxyl groups excluding tert-OH is 1. The molecule has 0 bridgehead atoms. The quantitative estimate of drug-likeness (QED) is 0.421. The molecule has 0 spiro atoms. The molecule has 2 aliphatic rings. The number of carbonyl (C=O) groups excluding carboxylic acids is 2. The monoisotopic (exact) mass is 604 g/mol. The Morgan fingerprint density at radius 1 is 0.881 bits per heavy atom. The fraction of sp³-hybridized carbons (Fsp3) is 0.548. The molecule has 230 valence electrons. The molecule has 2 fully saturated rings. The Bertz CT molecular complexity index is 1160. The van der Waals surface area contributed by atoms with Gasteiger partial charge in [-0.25, -0.2) is 4.79 Å². The fourth-order valence-electron chi connectivity index (χ4n) is 4.79. The van der Waals surface area contributed by atoms with Crippen LogP contribution in [-0.4, -0.2) is 92.3 Å². The molecule has 0 aromatic heterocycles. The van der Waals surface area contributed by atoms with E-state index in [-0.39, 0.29) is 6.61 Å². The lowest BCUT2D eigenvalue weighted by molar-refractivity contribution is -0.321. The van der Waals surface area contributed by atoms with Gasteiger partial charge in [-0.15, -0.1) is 0 Å². The highest BCUT2D eigenvalue weighted by atomic mass is 32.2. The minimum atomic E-state index is -1.13. The maximum Gasteiger partial charge on any atom is 0.338 e. The summed E-state index contributed by atoms with van der Waals surface area (Å²) in [5, 5.41) is 11.2. The van der Waals surface area contributed by atoms with E-state index in [2.05, 4.69) is 0 Å². The topological polar surface area (TPSA) is 119 Å². The Labute approximate surface area is 250 Å². The number of benzene rings is 2. The molecule has 2 saturated heterocycles. The summed E-state index contributed by atoms with van der Waals surface area (Å²) in [5.41, 5.74) is -1.09. The van der Waals surface area contributed by atoms with Crippen molar-refractivity contribution in [2.75, 3.05) is 20.8 Å². The van der Waals surface area contributed by atoms with Gasteiger partial charge in [0.2, 0.25) is 0 Å². The predicted octanol–water partition coefficient (Wildman–Crippen LogP) is 3.84. The van der Waals surface area contributed by atoms with E-state index in [0.717, 1.165) is 4.90 Å².